The van der Waals surface area contributed by atoms with Crippen molar-refractivity contribution in [2.24, 2.45) is 0 Å². The molecule has 0 heterocycles. The van der Waals surface area contributed by atoms with Gasteiger partial charge in [-0.15, -0.1) is 0 Å². The van der Waals surface area contributed by atoms with Crippen LogP contribution in [0.25, 0.3) is 0 Å². The van der Waals surface area contributed by atoms with E-state index in [0.29, 0.717) is 0 Å². The molecule has 0 aliphatic heterocycles. The summed E-state index contributed by atoms with van der Waals surface area (Å²) >= 11 is 0. The molecule has 0 aromatic heterocycles. The Kier molecular flexibility index (Phi) is 19.8. The van der Waals surface area contributed by atoms with Gasteiger partial charge in [0.05, 0.1) is 23.8 Å². The van der Waals surface area contributed by atoms with E-state index in [4.69, 9.17) is 4.79 Å². The van der Waals surface area contributed by atoms with Crippen LogP contribution in [0.4, 0.5) is 0 Å². The number of hydrogen-bond donors (Lipinski definition) is 0. The minimum atomic E-state index is -0.877. The zero-order valence-electron chi connectivity index (χ0n) is 33.3. The molecule has 0 unspecified atom stereocenters. The van der Waals surface area contributed by atoms with Crippen LogP contribution < -0.4 is 47.7 Å². The second-order valence-electron chi connectivity index (χ2n) is 13.4. The van der Waals surface area contributed by atoms with Crippen LogP contribution in [0, 0.1) is 0 Å². The van der Waals surface area contributed by atoms with Gasteiger partial charge in [-0.2, -0.15) is 0 Å². The van der Waals surface area contributed by atoms with Gasteiger partial charge in [-0.05, 0) is 109 Å². The van der Waals surface area contributed by atoms with Crippen LogP contribution in [0.3, 0.4) is 0 Å². The van der Waals surface area contributed by atoms with Crippen molar-refractivity contribution in [3.63, 3.8) is 0 Å². The summed E-state index contributed by atoms with van der Waals surface area (Å²) in [6.07, 6.45) is 0. The van der Waals surface area contributed by atoms with Gasteiger partial charge in [0.15, 0.2) is 0 Å². The summed E-state index contributed by atoms with van der Waals surface area (Å²) in [7, 11) is -2.63. The third kappa shape index (κ3) is 13.3. The smallest absolute Gasteiger partial charge is 0.102 e. The van der Waals surface area contributed by atoms with E-state index in [1.54, 1.807) is 0 Å². The van der Waals surface area contributed by atoms with Crippen LogP contribution >= 0.6 is 23.8 Å². The van der Waals surface area contributed by atoms with Gasteiger partial charge in [-0.3, -0.25) is 6.79 Å². The Morgan fingerprint density at radius 3 is 0.350 bits per heavy atom. The molecule has 298 valence electrons. The fourth-order valence-electron chi connectivity index (χ4n) is 6.94. The summed E-state index contributed by atoms with van der Waals surface area (Å²) in [6.45, 7) is 3.25. The molecule has 9 aromatic carbocycles. The summed E-state index contributed by atoms with van der Waals surface area (Å²) in [5, 5.41) is 12.9. The molecule has 0 amide bonds. The number of rotatable bonds is 9. The monoisotopic (exact) mass is 924 g/mol. The van der Waals surface area contributed by atoms with Crippen molar-refractivity contribution < 1.29 is 25.2 Å². The maximum absolute atomic E-state index is 7.75. The van der Waals surface area contributed by atoms with Crippen LogP contribution in [0.5, 0.6) is 0 Å². The summed E-state index contributed by atoms with van der Waals surface area (Å²) < 4.78 is 0. The summed E-state index contributed by atoms with van der Waals surface area (Å²) in [6, 6.07) is 97.5. The first-order valence-electron chi connectivity index (χ1n) is 19.7. The van der Waals surface area contributed by atoms with Gasteiger partial charge in [-0.25, -0.2) is 0 Å². The van der Waals surface area contributed by atoms with Crippen molar-refractivity contribution in [2.45, 2.75) is 0 Å². The van der Waals surface area contributed by atoms with Crippen LogP contribution in [0.1, 0.15) is 0 Å². The van der Waals surface area contributed by atoms with Crippen LogP contribution in [0.15, 0.2) is 273 Å². The standard InChI is InChI=1S/3C18H15P.CHO.Pd/c3*1-4-10-16(11-5-1)19(17-12-6-2-7-13-17)18-14-8-3-9-15-18;1-2;/h3*1-15H;1H;/q;;;-1;/p+3. The van der Waals surface area contributed by atoms with Crippen LogP contribution in [0.2, 0.25) is 0 Å². The Bertz CT molecular complexity index is 1890. The van der Waals surface area contributed by atoms with Gasteiger partial charge < -0.3 is 4.79 Å². The van der Waals surface area contributed by atoms with E-state index >= 15 is 0 Å². The molecule has 0 bridgehead atoms. The molecular formula is C55H49OP3Pd+2. The van der Waals surface area contributed by atoms with Crippen LogP contribution in [-0.2, 0) is 25.2 Å². The topological polar surface area (TPSA) is 17.1 Å². The average Bonchev–Trinajstić information content (AvgIpc) is 3.34. The Morgan fingerprint density at radius 1 is 0.183 bits per heavy atom. The first kappa shape index (κ1) is 45.7. The van der Waals surface area contributed by atoms with Crippen molar-refractivity contribution >= 4 is 78.3 Å². The molecule has 60 heavy (non-hydrogen) atoms. The fraction of sp³-hybridized carbons (Fsp3) is 0. The normalized spacial score (nSPS) is 10.1. The third-order valence-corrected chi connectivity index (χ3v) is 17.8. The molecule has 0 aliphatic rings. The predicted molar refractivity (Wildman–Crippen MR) is 266 cm³/mol. The predicted octanol–water partition coefficient (Wildman–Crippen LogP) is 9.25. The second kappa shape index (κ2) is 25.9. The molecule has 9 aromatic rings. The van der Waals surface area contributed by atoms with Crippen molar-refractivity contribution in [3.8, 4) is 0 Å². The molecule has 1 nitrogen and oxygen atoms in total. The Balaban J connectivity index is 0.000000166. The zero-order chi connectivity index (χ0) is 40.7. The van der Waals surface area contributed by atoms with Crippen molar-refractivity contribution in [1.82, 2.24) is 0 Å². The van der Waals surface area contributed by atoms with Crippen molar-refractivity contribution in [3.05, 3.63) is 273 Å². The first-order chi connectivity index (χ1) is 29.3. The second-order valence-corrected chi connectivity index (χ2v) is 20.9. The van der Waals surface area contributed by atoms with Gasteiger partial charge in [0.2, 0.25) is 0 Å². The Labute approximate surface area is 374 Å². The maximum Gasteiger partial charge on any atom is 0.102 e. The molecular weight excluding hydrogens is 876 g/mol. The van der Waals surface area contributed by atoms with Crippen LogP contribution in [-0.4, -0.2) is 6.79 Å². The van der Waals surface area contributed by atoms with Gasteiger partial charge in [0, 0.05) is 20.4 Å². The summed E-state index contributed by atoms with van der Waals surface area (Å²) in [5.74, 6) is 0. The van der Waals surface area contributed by atoms with E-state index in [2.05, 4.69) is 280 Å². The van der Waals surface area contributed by atoms with Crippen molar-refractivity contribution in [2.75, 3.05) is 0 Å². The quantitative estimate of drug-likeness (QED) is 0.0612. The van der Waals surface area contributed by atoms with E-state index < -0.39 is 23.8 Å². The molecule has 0 spiro atoms. The minimum Gasteiger partial charge on any atom is -0.545 e. The van der Waals surface area contributed by atoms with E-state index in [9.17, 15) is 0 Å². The van der Waals surface area contributed by atoms with E-state index in [1.165, 1.54) is 47.7 Å². The molecule has 0 saturated heterocycles. The zero-order valence-corrected chi connectivity index (χ0v) is 37.8. The van der Waals surface area contributed by atoms with E-state index in [-0.39, 0.29) is 20.4 Å². The number of carbonyl (C=O) groups excluding carboxylic acids is 1. The fourth-order valence-corrected chi connectivity index (χ4v) is 14.7. The first-order valence-corrected chi connectivity index (χ1v) is 24.2. The molecule has 0 saturated carbocycles. The SMILES string of the molecule is [CH-]=O.[Pd].c1ccc([PH+](c2ccccc2)c2ccccc2)cc1.c1ccc([PH+](c2ccccc2)c2ccccc2)cc1.c1ccc([PH+](c2ccccc2)c2ccccc2)cc1. The largest absolute Gasteiger partial charge is 0.545 e. The number of hydrogen-bond acceptors (Lipinski definition) is 1. The molecule has 9 rings (SSSR count). The van der Waals surface area contributed by atoms with Gasteiger partial charge in [-0.1, -0.05) is 164 Å². The molecule has 0 aliphatic carbocycles. The van der Waals surface area contributed by atoms with E-state index in [0.717, 1.165) is 0 Å². The molecule has 5 heteroatoms. The van der Waals surface area contributed by atoms with Gasteiger partial charge in [0.25, 0.3) is 0 Å². The summed E-state index contributed by atoms with van der Waals surface area (Å²) in [4.78, 5) is 7.75. The molecule has 0 N–H and O–H groups in total. The molecule has 0 atom stereocenters. The Morgan fingerprint density at radius 2 is 0.267 bits per heavy atom. The van der Waals surface area contributed by atoms with Crippen molar-refractivity contribution in [1.29, 1.82) is 0 Å². The maximum atomic E-state index is 7.75. The minimum absolute atomic E-state index is 0. The molecule has 0 radical (unpaired) electrons. The van der Waals surface area contributed by atoms with Gasteiger partial charge >= 0.3 is 0 Å². The third-order valence-electron chi connectivity index (χ3n) is 9.56. The number of benzene rings is 9. The Hall–Kier alpha value is -5.40. The summed E-state index contributed by atoms with van der Waals surface area (Å²) in [5.41, 5.74) is 0. The van der Waals surface area contributed by atoms with Gasteiger partial charge in [0.1, 0.15) is 47.7 Å². The molecule has 0 fully saturated rings. The van der Waals surface area contributed by atoms with E-state index in [1.807, 2.05) is 0 Å². The average molecular weight is 925 g/mol.